The van der Waals surface area contributed by atoms with Gasteiger partial charge in [-0.3, -0.25) is 4.79 Å². The van der Waals surface area contributed by atoms with Gasteiger partial charge in [0.2, 0.25) is 5.91 Å². The fraction of sp³-hybridized carbons (Fsp3) is 0.483. The summed E-state index contributed by atoms with van der Waals surface area (Å²) in [5.41, 5.74) is 4.32. The number of aromatic nitrogens is 2. The predicted molar refractivity (Wildman–Crippen MR) is 137 cm³/mol. The van der Waals surface area contributed by atoms with E-state index in [0.717, 1.165) is 53.7 Å². The van der Waals surface area contributed by atoms with Crippen molar-refractivity contribution in [3.8, 4) is 11.4 Å². The first kappa shape index (κ1) is 23.6. The number of amides is 1. The lowest BCUT2D eigenvalue weighted by Gasteiger charge is -2.26. The number of nitrogens with zero attached hydrogens (tertiary/aromatic N) is 2. The summed E-state index contributed by atoms with van der Waals surface area (Å²) in [7, 11) is 1.40. The van der Waals surface area contributed by atoms with E-state index >= 15 is 0 Å². The molecule has 1 heterocycles. The number of methoxy groups -OCH3 is 1. The molecular formula is C29H35N3O3. The summed E-state index contributed by atoms with van der Waals surface area (Å²) in [4.78, 5) is 30.3. The average molecular weight is 474 g/mol. The van der Waals surface area contributed by atoms with Gasteiger partial charge in [-0.05, 0) is 49.4 Å². The van der Waals surface area contributed by atoms with Crippen molar-refractivity contribution in [2.45, 2.75) is 82.7 Å². The van der Waals surface area contributed by atoms with Gasteiger partial charge in [0.1, 0.15) is 5.82 Å². The zero-order valence-corrected chi connectivity index (χ0v) is 20.6. The highest BCUT2D eigenvalue weighted by Gasteiger charge is 2.25. The van der Waals surface area contributed by atoms with E-state index < -0.39 is 0 Å². The highest BCUT2D eigenvalue weighted by Crippen LogP contribution is 2.37. The molecule has 0 bridgehead atoms. The van der Waals surface area contributed by atoms with Crippen molar-refractivity contribution < 1.29 is 14.3 Å². The van der Waals surface area contributed by atoms with Crippen LogP contribution in [-0.2, 0) is 16.0 Å². The lowest BCUT2D eigenvalue weighted by molar-refractivity contribution is -0.121. The van der Waals surface area contributed by atoms with Crippen LogP contribution < -0.4 is 5.32 Å². The molecule has 0 unspecified atom stereocenters. The smallest absolute Gasteiger partial charge is 0.337 e. The van der Waals surface area contributed by atoms with E-state index in [1.165, 1.54) is 45.6 Å². The SMILES string of the molecule is COC(=O)c1cccc(-c2nc3c(CC(=O)NC4CCCCC4)cccc3n2C2CCCCC2)c1. The van der Waals surface area contributed by atoms with E-state index in [9.17, 15) is 9.59 Å². The molecule has 1 amide bonds. The minimum absolute atomic E-state index is 0.0749. The maximum absolute atomic E-state index is 12.9. The molecule has 3 aromatic rings. The lowest BCUT2D eigenvalue weighted by Crippen LogP contribution is -2.37. The van der Waals surface area contributed by atoms with Crippen molar-refractivity contribution in [1.29, 1.82) is 0 Å². The molecule has 0 atom stereocenters. The number of ether oxygens (including phenoxy) is 1. The van der Waals surface area contributed by atoms with Crippen LogP contribution in [0.15, 0.2) is 42.5 Å². The monoisotopic (exact) mass is 473 g/mol. The third-order valence-electron chi connectivity index (χ3n) is 7.61. The van der Waals surface area contributed by atoms with Crippen LogP contribution in [0, 0.1) is 0 Å². The number of carbonyl (C=O) groups excluding carboxylic acids is 2. The van der Waals surface area contributed by atoms with Gasteiger partial charge in [-0.1, -0.05) is 62.8 Å². The molecule has 2 aromatic carbocycles. The van der Waals surface area contributed by atoms with Gasteiger partial charge < -0.3 is 14.6 Å². The summed E-state index contributed by atoms with van der Waals surface area (Å²) in [5.74, 6) is 0.580. The Morgan fingerprint density at radius 1 is 0.971 bits per heavy atom. The van der Waals surface area contributed by atoms with Crippen LogP contribution in [0.25, 0.3) is 22.4 Å². The summed E-state index contributed by atoms with van der Waals surface area (Å²) in [5, 5.41) is 3.25. The van der Waals surface area contributed by atoms with Crippen LogP contribution in [0.2, 0.25) is 0 Å². The maximum atomic E-state index is 12.9. The average Bonchev–Trinajstić information content (AvgIpc) is 3.30. The third-order valence-corrected chi connectivity index (χ3v) is 7.61. The van der Waals surface area contributed by atoms with E-state index in [-0.39, 0.29) is 11.9 Å². The normalized spacial score (nSPS) is 17.4. The fourth-order valence-corrected chi connectivity index (χ4v) is 5.83. The number of carbonyl (C=O) groups is 2. The molecular weight excluding hydrogens is 438 g/mol. The van der Waals surface area contributed by atoms with E-state index in [1.54, 1.807) is 6.07 Å². The molecule has 184 valence electrons. The molecule has 2 fully saturated rings. The van der Waals surface area contributed by atoms with Crippen LogP contribution in [0.4, 0.5) is 0 Å². The molecule has 35 heavy (non-hydrogen) atoms. The predicted octanol–water partition coefficient (Wildman–Crippen LogP) is 5.99. The Morgan fingerprint density at radius 2 is 1.69 bits per heavy atom. The van der Waals surface area contributed by atoms with Gasteiger partial charge >= 0.3 is 5.97 Å². The van der Waals surface area contributed by atoms with E-state index in [2.05, 4.69) is 16.0 Å². The Hall–Kier alpha value is -3.15. The number of rotatable bonds is 6. The highest BCUT2D eigenvalue weighted by atomic mass is 16.5. The first-order chi connectivity index (χ1) is 17.1. The van der Waals surface area contributed by atoms with Crippen LogP contribution in [0.3, 0.4) is 0 Å². The van der Waals surface area contributed by atoms with Gasteiger partial charge in [0.05, 0.1) is 30.1 Å². The third kappa shape index (κ3) is 5.12. The Labute approximate surface area is 207 Å². The maximum Gasteiger partial charge on any atom is 0.337 e. The van der Waals surface area contributed by atoms with Crippen LogP contribution in [0.1, 0.15) is 86.2 Å². The molecule has 1 N–H and O–H groups in total. The number of fused-ring (bicyclic) bond motifs is 1. The Balaban J connectivity index is 1.53. The summed E-state index contributed by atoms with van der Waals surface area (Å²) in [6.45, 7) is 0. The second kappa shape index (κ2) is 10.6. The second-order valence-electron chi connectivity index (χ2n) is 10.0. The molecule has 6 nitrogen and oxygen atoms in total. The molecule has 1 aromatic heterocycles. The largest absolute Gasteiger partial charge is 0.465 e. The number of imidazole rings is 1. The van der Waals surface area contributed by atoms with E-state index in [4.69, 9.17) is 9.72 Å². The molecule has 0 aliphatic heterocycles. The minimum atomic E-state index is -0.354. The summed E-state index contributed by atoms with van der Waals surface area (Å²) in [6.07, 6.45) is 12.0. The Morgan fingerprint density at radius 3 is 2.43 bits per heavy atom. The van der Waals surface area contributed by atoms with Crippen LogP contribution in [-0.4, -0.2) is 34.6 Å². The number of benzene rings is 2. The van der Waals surface area contributed by atoms with Crippen molar-refractivity contribution in [2.75, 3.05) is 7.11 Å². The number of esters is 1. The van der Waals surface area contributed by atoms with Gasteiger partial charge in [-0.2, -0.15) is 0 Å². The van der Waals surface area contributed by atoms with E-state index in [1.807, 2.05) is 30.3 Å². The zero-order chi connectivity index (χ0) is 24.2. The summed E-state index contributed by atoms with van der Waals surface area (Å²) >= 11 is 0. The summed E-state index contributed by atoms with van der Waals surface area (Å²) in [6, 6.07) is 14.4. The van der Waals surface area contributed by atoms with Crippen molar-refractivity contribution in [3.63, 3.8) is 0 Å². The fourth-order valence-electron chi connectivity index (χ4n) is 5.83. The number of para-hydroxylation sites is 1. The second-order valence-corrected chi connectivity index (χ2v) is 10.0. The first-order valence-corrected chi connectivity index (χ1v) is 13.1. The van der Waals surface area contributed by atoms with Gasteiger partial charge in [0.15, 0.2) is 0 Å². The van der Waals surface area contributed by atoms with Crippen LogP contribution >= 0.6 is 0 Å². The van der Waals surface area contributed by atoms with Gasteiger partial charge in [-0.15, -0.1) is 0 Å². The van der Waals surface area contributed by atoms with Crippen molar-refractivity contribution >= 4 is 22.9 Å². The number of hydrogen-bond donors (Lipinski definition) is 1. The van der Waals surface area contributed by atoms with E-state index in [0.29, 0.717) is 24.1 Å². The molecule has 0 spiro atoms. The molecule has 5 rings (SSSR count). The Bertz CT molecular complexity index is 1200. The standard InChI is InChI=1S/C29H35N3O3/c1-35-29(34)22-12-8-11-21(18-22)28-31-27-20(19-26(33)30-23-13-4-2-5-14-23)10-9-17-25(27)32(28)24-15-6-3-7-16-24/h8-12,17-18,23-24H,2-7,13-16,19H2,1H3,(H,30,33). The number of nitrogens with one attached hydrogen (secondary N) is 1. The molecule has 6 heteroatoms. The van der Waals surface area contributed by atoms with Crippen molar-refractivity contribution in [1.82, 2.24) is 14.9 Å². The molecule has 0 saturated heterocycles. The van der Waals surface area contributed by atoms with Gasteiger partial charge in [-0.25, -0.2) is 9.78 Å². The Kier molecular flexibility index (Phi) is 7.16. The minimum Gasteiger partial charge on any atom is -0.465 e. The molecule has 2 aliphatic rings. The topological polar surface area (TPSA) is 73.2 Å². The van der Waals surface area contributed by atoms with Gasteiger partial charge in [0.25, 0.3) is 0 Å². The first-order valence-electron chi connectivity index (χ1n) is 13.1. The van der Waals surface area contributed by atoms with Crippen molar-refractivity contribution in [2.24, 2.45) is 0 Å². The van der Waals surface area contributed by atoms with Crippen LogP contribution in [0.5, 0.6) is 0 Å². The lowest BCUT2D eigenvalue weighted by atomic mass is 9.94. The van der Waals surface area contributed by atoms with Crippen molar-refractivity contribution in [3.05, 3.63) is 53.6 Å². The quantitative estimate of drug-likeness (QED) is 0.447. The highest BCUT2D eigenvalue weighted by molar-refractivity contribution is 5.92. The van der Waals surface area contributed by atoms with Gasteiger partial charge in [0, 0.05) is 17.6 Å². The summed E-state index contributed by atoms with van der Waals surface area (Å²) < 4.78 is 7.30. The number of hydrogen-bond acceptors (Lipinski definition) is 4. The molecule has 2 saturated carbocycles. The molecule has 0 radical (unpaired) electrons. The zero-order valence-electron chi connectivity index (χ0n) is 20.6. The molecule has 2 aliphatic carbocycles.